The Hall–Kier alpha value is -1.92. The Morgan fingerprint density at radius 2 is 2.09 bits per heavy atom. The lowest BCUT2D eigenvalue weighted by molar-refractivity contribution is 0.158. The average molecular weight is 299 g/mol. The number of hydrogen-bond donors (Lipinski definition) is 2. The second kappa shape index (κ2) is 5.70. The van der Waals surface area contributed by atoms with Crippen LogP contribution in [0, 0.1) is 0 Å². The fraction of sp³-hybridized carbons (Fsp3) is 0.500. The minimum absolute atomic E-state index is 0.258. The van der Waals surface area contributed by atoms with E-state index in [1.165, 1.54) is 0 Å². The molecule has 0 spiro atoms. The summed E-state index contributed by atoms with van der Waals surface area (Å²) in [6, 6.07) is 6.16. The van der Waals surface area contributed by atoms with Crippen molar-refractivity contribution < 1.29 is 5.11 Å². The van der Waals surface area contributed by atoms with Gasteiger partial charge in [0.05, 0.1) is 5.69 Å². The highest BCUT2D eigenvalue weighted by atomic mass is 16.3. The molecule has 6 nitrogen and oxygen atoms in total. The van der Waals surface area contributed by atoms with Crippen molar-refractivity contribution in [1.29, 1.82) is 0 Å². The average Bonchev–Trinajstić information content (AvgIpc) is 2.93. The molecule has 1 saturated heterocycles. The molecule has 4 rings (SSSR count). The van der Waals surface area contributed by atoms with Crippen LogP contribution in [0.15, 0.2) is 24.4 Å². The lowest BCUT2D eigenvalue weighted by Crippen LogP contribution is -2.50. The molecule has 0 aromatic carbocycles. The molecule has 0 amide bonds. The first-order chi connectivity index (χ1) is 10.8. The second-order valence-electron chi connectivity index (χ2n) is 6.03. The van der Waals surface area contributed by atoms with Crippen LogP contribution in [0.4, 0.5) is 0 Å². The fourth-order valence-electron chi connectivity index (χ4n) is 3.53. The van der Waals surface area contributed by atoms with Crippen molar-refractivity contribution in [3.8, 4) is 11.7 Å². The molecule has 2 N–H and O–H groups in total. The van der Waals surface area contributed by atoms with Crippen molar-refractivity contribution >= 4 is 0 Å². The van der Waals surface area contributed by atoms with Gasteiger partial charge in [0.2, 0.25) is 5.88 Å². The van der Waals surface area contributed by atoms with Crippen molar-refractivity contribution in [2.45, 2.75) is 25.3 Å². The van der Waals surface area contributed by atoms with E-state index in [-0.39, 0.29) is 5.88 Å². The predicted octanol–water partition coefficient (Wildman–Crippen LogP) is 0.735. The standard InChI is InChI=1S/C16H21N5O/c22-16-13-11-12(20-9-7-17-8-10-20)4-5-14(13)19-21(16)15-3-1-2-6-18-15/h1-3,6,12,17,22H,4-5,7-11H2. The van der Waals surface area contributed by atoms with E-state index >= 15 is 0 Å². The van der Waals surface area contributed by atoms with Gasteiger partial charge in [0, 0.05) is 44.0 Å². The Labute approximate surface area is 129 Å². The third-order valence-electron chi connectivity index (χ3n) is 4.73. The minimum atomic E-state index is 0.258. The third kappa shape index (κ3) is 2.38. The molecule has 2 aromatic heterocycles. The van der Waals surface area contributed by atoms with Gasteiger partial charge < -0.3 is 10.4 Å². The van der Waals surface area contributed by atoms with Crippen LogP contribution in [0.2, 0.25) is 0 Å². The molecule has 0 bridgehead atoms. The number of piperazine rings is 1. The molecule has 0 radical (unpaired) electrons. The molecule has 2 aliphatic rings. The van der Waals surface area contributed by atoms with Gasteiger partial charge in [-0.05, 0) is 31.4 Å². The molecule has 1 atom stereocenters. The number of hydrogen-bond acceptors (Lipinski definition) is 5. The molecule has 1 aliphatic heterocycles. The zero-order valence-electron chi connectivity index (χ0n) is 12.6. The lowest BCUT2D eigenvalue weighted by Gasteiger charge is -2.36. The van der Waals surface area contributed by atoms with Crippen LogP contribution >= 0.6 is 0 Å². The molecule has 1 fully saturated rings. The summed E-state index contributed by atoms with van der Waals surface area (Å²) in [5.74, 6) is 0.932. The van der Waals surface area contributed by atoms with Crippen molar-refractivity contribution in [1.82, 2.24) is 25.0 Å². The Morgan fingerprint density at radius 3 is 2.86 bits per heavy atom. The normalized spacial score (nSPS) is 22.5. The van der Waals surface area contributed by atoms with Gasteiger partial charge in [-0.25, -0.2) is 4.98 Å². The summed E-state index contributed by atoms with van der Waals surface area (Å²) >= 11 is 0. The van der Waals surface area contributed by atoms with Crippen LogP contribution in [0.1, 0.15) is 17.7 Å². The highest BCUT2D eigenvalue weighted by Crippen LogP contribution is 2.32. The van der Waals surface area contributed by atoms with E-state index in [1.54, 1.807) is 10.9 Å². The van der Waals surface area contributed by atoms with Crippen LogP contribution in [0.5, 0.6) is 5.88 Å². The number of pyridine rings is 1. The van der Waals surface area contributed by atoms with Crippen LogP contribution in [0.25, 0.3) is 5.82 Å². The highest BCUT2D eigenvalue weighted by Gasteiger charge is 2.30. The SMILES string of the molecule is Oc1c2c(nn1-c1ccccn1)CCC(N1CCNCC1)C2. The lowest BCUT2D eigenvalue weighted by atomic mass is 9.91. The van der Waals surface area contributed by atoms with Crippen LogP contribution in [-0.4, -0.2) is 57.0 Å². The first kappa shape index (κ1) is 13.7. The number of fused-ring (bicyclic) bond motifs is 1. The molecule has 1 aliphatic carbocycles. The molecule has 2 aromatic rings. The fourth-order valence-corrected chi connectivity index (χ4v) is 3.53. The molecule has 3 heterocycles. The second-order valence-corrected chi connectivity index (χ2v) is 6.03. The summed E-state index contributed by atoms with van der Waals surface area (Å²) in [4.78, 5) is 6.82. The largest absolute Gasteiger partial charge is 0.493 e. The van der Waals surface area contributed by atoms with E-state index in [9.17, 15) is 5.11 Å². The van der Waals surface area contributed by atoms with E-state index < -0.39 is 0 Å². The summed E-state index contributed by atoms with van der Waals surface area (Å²) in [6.45, 7) is 4.30. The van der Waals surface area contributed by atoms with Crippen LogP contribution in [0.3, 0.4) is 0 Å². The van der Waals surface area contributed by atoms with Gasteiger partial charge in [0.25, 0.3) is 0 Å². The van der Waals surface area contributed by atoms with E-state index in [0.717, 1.165) is 56.7 Å². The quantitative estimate of drug-likeness (QED) is 0.856. The van der Waals surface area contributed by atoms with E-state index in [4.69, 9.17) is 0 Å². The van der Waals surface area contributed by atoms with Crippen molar-refractivity contribution in [3.05, 3.63) is 35.7 Å². The Morgan fingerprint density at radius 1 is 1.23 bits per heavy atom. The summed E-state index contributed by atoms with van der Waals surface area (Å²) in [5, 5.41) is 18.5. The Kier molecular flexibility index (Phi) is 3.56. The summed E-state index contributed by atoms with van der Waals surface area (Å²) in [5.41, 5.74) is 2.02. The summed E-state index contributed by atoms with van der Waals surface area (Å²) < 4.78 is 1.57. The highest BCUT2D eigenvalue weighted by molar-refractivity contribution is 5.39. The number of rotatable bonds is 2. The number of nitrogens with one attached hydrogen (secondary N) is 1. The zero-order chi connectivity index (χ0) is 14.9. The number of aromatic nitrogens is 3. The van der Waals surface area contributed by atoms with Crippen LogP contribution < -0.4 is 5.32 Å². The zero-order valence-corrected chi connectivity index (χ0v) is 12.6. The molecule has 1 unspecified atom stereocenters. The summed E-state index contributed by atoms with van der Waals surface area (Å²) in [7, 11) is 0. The van der Waals surface area contributed by atoms with Gasteiger partial charge in [-0.3, -0.25) is 4.90 Å². The van der Waals surface area contributed by atoms with Crippen LogP contribution in [-0.2, 0) is 12.8 Å². The maximum Gasteiger partial charge on any atom is 0.219 e. The first-order valence-corrected chi connectivity index (χ1v) is 7.99. The smallest absolute Gasteiger partial charge is 0.219 e. The van der Waals surface area contributed by atoms with Gasteiger partial charge in [0.1, 0.15) is 0 Å². The number of nitrogens with zero attached hydrogens (tertiary/aromatic N) is 4. The van der Waals surface area contributed by atoms with Crippen molar-refractivity contribution in [2.24, 2.45) is 0 Å². The molecular formula is C16H21N5O. The topological polar surface area (TPSA) is 66.2 Å². The van der Waals surface area contributed by atoms with E-state index in [1.807, 2.05) is 18.2 Å². The predicted molar refractivity (Wildman–Crippen MR) is 83.3 cm³/mol. The van der Waals surface area contributed by atoms with Gasteiger partial charge in [-0.2, -0.15) is 9.78 Å². The summed E-state index contributed by atoms with van der Waals surface area (Å²) in [6.07, 6.45) is 4.65. The maximum absolute atomic E-state index is 10.6. The first-order valence-electron chi connectivity index (χ1n) is 7.99. The van der Waals surface area contributed by atoms with Gasteiger partial charge in [-0.15, -0.1) is 0 Å². The number of aryl methyl sites for hydroxylation is 1. The van der Waals surface area contributed by atoms with Gasteiger partial charge in [-0.1, -0.05) is 6.07 Å². The Bertz CT molecular complexity index is 648. The van der Waals surface area contributed by atoms with E-state index in [0.29, 0.717) is 11.9 Å². The molecule has 0 saturated carbocycles. The monoisotopic (exact) mass is 299 g/mol. The maximum atomic E-state index is 10.6. The molecular weight excluding hydrogens is 278 g/mol. The molecule has 22 heavy (non-hydrogen) atoms. The van der Waals surface area contributed by atoms with E-state index in [2.05, 4.69) is 20.3 Å². The van der Waals surface area contributed by atoms with Gasteiger partial charge >= 0.3 is 0 Å². The van der Waals surface area contributed by atoms with Crippen molar-refractivity contribution in [2.75, 3.05) is 26.2 Å². The van der Waals surface area contributed by atoms with Crippen molar-refractivity contribution in [3.63, 3.8) is 0 Å². The minimum Gasteiger partial charge on any atom is -0.493 e. The molecule has 6 heteroatoms. The Balaban J connectivity index is 1.61. The number of aromatic hydroxyl groups is 1. The van der Waals surface area contributed by atoms with Gasteiger partial charge in [0.15, 0.2) is 5.82 Å². The third-order valence-corrected chi connectivity index (χ3v) is 4.73. The molecule has 116 valence electrons.